The van der Waals surface area contributed by atoms with Crippen LogP contribution in [-0.4, -0.2) is 28.3 Å². The lowest BCUT2D eigenvalue weighted by atomic mass is 10.0. The number of nitrogens with one attached hydrogen (secondary N) is 2. The molecule has 1 saturated heterocycles. The van der Waals surface area contributed by atoms with Gasteiger partial charge in [-0.1, -0.05) is 47.6 Å². The van der Waals surface area contributed by atoms with Gasteiger partial charge in [-0.05, 0) is 36.8 Å². The molecule has 1 aromatic carbocycles. The average Bonchev–Trinajstić information content (AvgIpc) is 3.27. The molecule has 2 bridgehead atoms. The minimum Gasteiger partial charge on any atom is -0.325 e. The van der Waals surface area contributed by atoms with E-state index in [-0.39, 0.29) is 24.3 Å². The summed E-state index contributed by atoms with van der Waals surface area (Å²) in [4.78, 5) is 29.1. The predicted octanol–water partition coefficient (Wildman–Crippen LogP) is 3.22. The third-order valence-corrected chi connectivity index (χ3v) is 6.25. The van der Waals surface area contributed by atoms with Crippen LogP contribution < -0.4 is 10.6 Å². The maximum absolute atomic E-state index is 12.2. The van der Waals surface area contributed by atoms with Gasteiger partial charge in [0, 0.05) is 6.42 Å². The van der Waals surface area contributed by atoms with Crippen molar-refractivity contribution in [3.05, 3.63) is 41.4 Å². The molecule has 7 heteroatoms. The first-order valence-corrected chi connectivity index (χ1v) is 9.62. The molecule has 4 rings (SSSR count). The molecule has 2 aliphatic carbocycles. The molecule has 2 fully saturated rings. The van der Waals surface area contributed by atoms with Gasteiger partial charge in [0.25, 0.3) is 0 Å². The van der Waals surface area contributed by atoms with Crippen LogP contribution in [0.4, 0.5) is 5.69 Å². The first-order valence-electron chi connectivity index (χ1n) is 8.36. The van der Waals surface area contributed by atoms with E-state index in [9.17, 15) is 9.59 Å². The summed E-state index contributed by atoms with van der Waals surface area (Å²) in [5.74, 6) is 0.748. The van der Waals surface area contributed by atoms with Crippen LogP contribution in [0.25, 0.3) is 0 Å². The molecule has 5 nitrogen and oxygen atoms in total. The number of halogens is 1. The van der Waals surface area contributed by atoms with E-state index in [4.69, 9.17) is 16.6 Å². The van der Waals surface area contributed by atoms with E-state index >= 15 is 0 Å². The summed E-state index contributed by atoms with van der Waals surface area (Å²) in [6.07, 6.45) is 6.82. The van der Waals surface area contributed by atoms with Crippen molar-refractivity contribution < 1.29 is 9.59 Å². The lowest BCUT2D eigenvalue weighted by Gasteiger charge is -2.13. The third-order valence-electron chi connectivity index (χ3n) is 4.82. The van der Waals surface area contributed by atoms with Crippen molar-refractivity contribution in [2.75, 3.05) is 5.32 Å². The van der Waals surface area contributed by atoms with Gasteiger partial charge in [0.1, 0.15) is 5.25 Å². The molecule has 1 saturated carbocycles. The Labute approximate surface area is 155 Å². The Kier molecular flexibility index (Phi) is 4.56. The highest BCUT2D eigenvalue weighted by atomic mass is 35.5. The van der Waals surface area contributed by atoms with Gasteiger partial charge >= 0.3 is 0 Å². The third kappa shape index (κ3) is 3.60. The number of aliphatic imine (C=N–C) groups is 1. The van der Waals surface area contributed by atoms with Crippen molar-refractivity contribution in [2.45, 2.75) is 30.6 Å². The largest absolute Gasteiger partial charge is 0.325 e. The van der Waals surface area contributed by atoms with E-state index in [1.807, 2.05) is 0 Å². The predicted molar refractivity (Wildman–Crippen MR) is 101 cm³/mol. The number of carbonyl (C=O) groups is 2. The average molecular weight is 376 g/mol. The summed E-state index contributed by atoms with van der Waals surface area (Å²) in [7, 11) is 0. The van der Waals surface area contributed by atoms with E-state index in [1.165, 1.54) is 18.2 Å². The fourth-order valence-electron chi connectivity index (χ4n) is 3.58. The quantitative estimate of drug-likeness (QED) is 0.794. The molecule has 1 heterocycles. The number of para-hydroxylation sites is 1. The van der Waals surface area contributed by atoms with Crippen molar-refractivity contribution in [2.24, 2.45) is 16.8 Å². The van der Waals surface area contributed by atoms with E-state index in [1.54, 1.807) is 24.3 Å². The van der Waals surface area contributed by atoms with Gasteiger partial charge in [0.05, 0.1) is 16.8 Å². The van der Waals surface area contributed by atoms with Crippen molar-refractivity contribution in [3.8, 4) is 0 Å². The number of hydrogen-bond donors (Lipinski definition) is 2. The molecule has 130 valence electrons. The number of nitrogens with zero attached hydrogens (tertiary/aromatic N) is 1. The minimum absolute atomic E-state index is 0.0946. The van der Waals surface area contributed by atoms with Gasteiger partial charge in [-0.25, -0.2) is 0 Å². The number of rotatable bonds is 4. The summed E-state index contributed by atoms with van der Waals surface area (Å²) in [5.41, 5.74) is 0.556. The summed E-state index contributed by atoms with van der Waals surface area (Å²) < 4.78 is 0. The van der Waals surface area contributed by atoms with Crippen molar-refractivity contribution in [1.29, 1.82) is 0 Å². The highest BCUT2D eigenvalue weighted by molar-refractivity contribution is 8.15. The second-order valence-corrected chi connectivity index (χ2v) is 8.21. The smallest absolute Gasteiger partial charge is 0.240 e. The molecule has 0 radical (unpaired) electrons. The Morgan fingerprint density at radius 2 is 2.16 bits per heavy atom. The Morgan fingerprint density at radius 3 is 2.88 bits per heavy atom. The van der Waals surface area contributed by atoms with Crippen molar-refractivity contribution in [3.63, 3.8) is 0 Å². The van der Waals surface area contributed by atoms with Crippen molar-refractivity contribution >= 4 is 46.0 Å². The number of fused-ring (bicyclic) bond motifs is 2. The van der Waals surface area contributed by atoms with E-state index < -0.39 is 5.25 Å². The van der Waals surface area contributed by atoms with Gasteiger partial charge in [-0.2, -0.15) is 0 Å². The Bertz CT molecular complexity index is 779. The van der Waals surface area contributed by atoms with Crippen LogP contribution in [0.2, 0.25) is 5.02 Å². The summed E-state index contributed by atoms with van der Waals surface area (Å²) in [6.45, 7) is 0. The van der Waals surface area contributed by atoms with Gasteiger partial charge < -0.3 is 10.6 Å². The molecule has 0 spiro atoms. The number of allylic oxidation sites excluding steroid dienone is 1. The van der Waals surface area contributed by atoms with Crippen LogP contribution in [0.3, 0.4) is 0 Å². The number of anilines is 1. The van der Waals surface area contributed by atoms with Crippen LogP contribution >= 0.6 is 23.4 Å². The van der Waals surface area contributed by atoms with Crippen LogP contribution in [0.1, 0.15) is 19.3 Å². The van der Waals surface area contributed by atoms with E-state index in [0.717, 1.165) is 6.42 Å². The second-order valence-electron chi connectivity index (χ2n) is 6.61. The Balaban J connectivity index is 1.35. The van der Waals surface area contributed by atoms with Gasteiger partial charge in [0.15, 0.2) is 5.17 Å². The lowest BCUT2D eigenvalue weighted by molar-refractivity contribution is -0.122. The zero-order valence-electron chi connectivity index (χ0n) is 13.4. The molecule has 1 aliphatic heterocycles. The topological polar surface area (TPSA) is 70.6 Å². The first kappa shape index (κ1) is 16.7. The summed E-state index contributed by atoms with van der Waals surface area (Å²) in [6, 6.07) is 7.30. The van der Waals surface area contributed by atoms with E-state index in [0.29, 0.717) is 27.7 Å². The van der Waals surface area contributed by atoms with Crippen LogP contribution in [0.5, 0.6) is 0 Å². The molecule has 25 heavy (non-hydrogen) atoms. The van der Waals surface area contributed by atoms with Crippen LogP contribution in [0, 0.1) is 11.8 Å². The fourth-order valence-corrected chi connectivity index (χ4v) is 4.79. The number of amidine groups is 1. The van der Waals surface area contributed by atoms with Crippen LogP contribution in [0.15, 0.2) is 41.4 Å². The van der Waals surface area contributed by atoms with Gasteiger partial charge in [-0.15, -0.1) is 0 Å². The molecule has 2 N–H and O–H groups in total. The van der Waals surface area contributed by atoms with Crippen molar-refractivity contribution in [1.82, 2.24) is 5.32 Å². The molecule has 1 aromatic rings. The zero-order valence-corrected chi connectivity index (χ0v) is 15.0. The zero-order chi connectivity index (χ0) is 17.4. The fraction of sp³-hybridized carbons (Fsp3) is 0.389. The molecule has 0 aromatic heterocycles. The standard InChI is InChI=1S/C18H18ClN3O2S/c19-12-3-1-2-4-13(12)20-16(23)9-15-17(24)22-18(25-15)21-14-8-10-5-6-11(14)7-10/h1-6,10-11,14-15H,7-9H2,(H,20,23)(H,21,22,24)/t10-,11-,14+,15+/m1/s1. The first-order chi connectivity index (χ1) is 12.1. The SMILES string of the molecule is O=C(C[C@@H]1SC(=N[C@H]2C[C@@H]3C=C[C@@H]2C3)NC1=O)Nc1ccccc1Cl. The maximum atomic E-state index is 12.2. The maximum Gasteiger partial charge on any atom is 0.240 e. The minimum atomic E-state index is -0.449. The van der Waals surface area contributed by atoms with Gasteiger partial charge in [-0.3, -0.25) is 14.6 Å². The highest BCUT2D eigenvalue weighted by Crippen LogP contribution is 2.41. The second kappa shape index (κ2) is 6.84. The number of hydrogen-bond acceptors (Lipinski definition) is 4. The Hall–Kier alpha value is -1.79. The monoisotopic (exact) mass is 375 g/mol. The molecule has 3 aliphatic rings. The summed E-state index contributed by atoms with van der Waals surface area (Å²) in [5, 5.41) is 6.24. The molecular formula is C18H18ClN3O2S. The molecular weight excluding hydrogens is 358 g/mol. The normalized spacial score (nSPS) is 31.6. The highest BCUT2D eigenvalue weighted by Gasteiger charge is 2.38. The molecule has 0 unspecified atom stereocenters. The van der Waals surface area contributed by atoms with E-state index in [2.05, 4.69) is 22.8 Å². The molecule has 4 atom stereocenters. The number of carbonyl (C=O) groups excluding carboxylic acids is 2. The molecule has 2 amide bonds. The van der Waals surface area contributed by atoms with Gasteiger partial charge in [0.2, 0.25) is 11.8 Å². The number of amides is 2. The Morgan fingerprint density at radius 1 is 1.32 bits per heavy atom. The lowest BCUT2D eigenvalue weighted by Crippen LogP contribution is -2.28. The summed E-state index contributed by atoms with van der Waals surface area (Å²) >= 11 is 7.39. The number of benzene rings is 1. The van der Waals surface area contributed by atoms with Crippen LogP contribution in [-0.2, 0) is 9.59 Å². The number of thioether (sulfide) groups is 1.